The van der Waals surface area contributed by atoms with Crippen molar-refractivity contribution < 1.29 is 19.4 Å². The molecule has 0 aromatic rings. The number of hydrogen-bond donors (Lipinski definition) is 3. The number of piperazine rings is 1. The molecule has 0 aromatic heterocycles. The third-order valence-electron chi connectivity index (χ3n) is 2.77. The van der Waals surface area contributed by atoms with Crippen molar-refractivity contribution in [3.8, 4) is 0 Å². The van der Waals surface area contributed by atoms with Crippen LogP contribution in [-0.4, -0.2) is 74.4 Å². The molecule has 1 unspecified atom stereocenters. The fraction of sp³-hybridized carbons (Fsp3) is 0.818. The third kappa shape index (κ3) is 6.20. The molecule has 8 heteroatoms. The number of rotatable bonds is 7. The van der Waals surface area contributed by atoms with Gasteiger partial charge in [-0.2, -0.15) is 0 Å². The monoisotopic (exact) mass is 295 g/mol. The Bertz CT molecular complexity index is 291. The van der Waals surface area contributed by atoms with E-state index in [2.05, 4.69) is 10.6 Å². The highest BCUT2D eigenvalue weighted by molar-refractivity contribution is 5.88. The molecular weight excluding hydrogens is 274 g/mol. The Hall–Kier alpha value is -0.890. The van der Waals surface area contributed by atoms with E-state index in [4.69, 9.17) is 9.84 Å². The van der Waals surface area contributed by atoms with Gasteiger partial charge in [0.05, 0.1) is 25.7 Å². The number of aliphatic hydroxyl groups excluding tert-OH is 1. The molecular formula is C11H22ClN3O4. The maximum atomic E-state index is 12.0. The molecule has 0 bridgehead atoms. The summed E-state index contributed by atoms with van der Waals surface area (Å²) in [5.41, 5.74) is 0. The average molecular weight is 296 g/mol. The third-order valence-corrected chi connectivity index (χ3v) is 2.77. The minimum atomic E-state index is -0.478. The van der Waals surface area contributed by atoms with Gasteiger partial charge in [-0.05, 0) is 0 Å². The molecule has 1 aliphatic rings. The number of amides is 2. The number of methoxy groups -OCH3 is 1. The zero-order valence-corrected chi connectivity index (χ0v) is 11.9. The SMILES string of the molecule is COCCN1CCNC(CC(=O)NCCO)C1=O.Cl. The first-order valence-corrected chi connectivity index (χ1v) is 6.07. The summed E-state index contributed by atoms with van der Waals surface area (Å²) in [4.78, 5) is 25.2. The summed E-state index contributed by atoms with van der Waals surface area (Å²) in [5, 5.41) is 14.2. The van der Waals surface area contributed by atoms with Crippen molar-refractivity contribution >= 4 is 24.2 Å². The lowest BCUT2D eigenvalue weighted by Crippen LogP contribution is -2.56. The molecule has 0 aliphatic carbocycles. The summed E-state index contributed by atoms with van der Waals surface area (Å²) in [5.74, 6) is -0.305. The number of ether oxygens (including phenoxy) is 1. The van der Waals surface area contributed by atoms with Crippen LogP contribution < -0.4 is 10.6 Å². The van der Waals surface area contributed by atoms with E-state index in [0.717, 1.165) is 0 Å². The van der Waals surface area contributed by atoms with E-state index in [0.29, 0.717) is 26.2 Å². The second-order valence-electron chi connectivity index (χ2n) is 4.10. The molecule has 0 aromatic carbocycles. The number of nitrogens with zero attached hydrogens (tertiary/aromatic N) is 1. The highest BCUT2D eigenvalue weighted by atomic mass is 35.5. The lowest BCUT2D eigenvalue weighted by atomic mass is 10.1. The van der Waals surface area contributed by atoms with Crippen molar-refractivity contribution in [2.24, 2.45) is 0 Å². The minimum absolute atomic E-state index is 0. The topological polar surface area (TPSA) is 90.9 Å². The fourth-order valence-electron chi connectivity index (χ4n) is 1.83. The van der Waals surface area contributed by atoms with Crippen LogP contribution in [0.2, 0.25) is 0 Å². The number of carbonyl (C=O) groups excluding carboxylic acids is 2. The lowest BCUT2D eigenvalue weighted by molar-refractivity contribution is -0.138. The van der Waals surface area contributed by atoms with Gasteiger partial charge in [0.15, 0.2) is 0 Å². The second-order valence-corrected chi connectivity index (χ2v) is 4.10. The standard InChI is InChI=1S/C11H21N3O4.ClH/c1-18-7-5-14-4-2-12-9(11(14)17)8-10(16)13-3-6-15;/h9,12,15H,2-8H2,1H3,(H,13,16);1H. The first-order valence-electron chi connectivity index (χ1n) is 6.07. The maximum absolute atomic E-state index is 12.0. The summed E-state index contributed by atoms with van der Waals surface area (Å²) < 4.78 is 4.94. The van der Waals surface area contributed by atoms with Gasteiger partial charge in [-0.15, -0.1) is 12.4 Å². The van der Waals surface area contributed by atoms with Crippen LogP contribution in [-0.2, 0) is 14.3 Å². The highest BCUT2D eigenvalue weighted by Crippen LogP contribution is 2.05. The number of halogens is 1. The Morgan fingerprint density at radius 1 is 1.63 bits per heavy atom. The first kappa shape index (κ1) is 18.1. The molecule has 7 nitrogen and oxygen atoms in total. The number of hydrogen-bond acceptors (Lipinski definition) is 5. The zero-order chi connectivity index (χ0) is 13.4. The quantitative estimate of drug-likeness (QED) is 0.524. The van der Waals surface area contributed by atoms with Gasteiger partial charge in [0, 0.05) is 33.3 Å². The van der Waals surface area contributed by atoms with Crippen molar-refractivity contribution in [1.29, 1.82) is 0 Å². The summed E-state index contributed by atoms with van der Waals surface area (Å²) >= 11 is 0. The van der Waals surface area contributed by atoms with Crippen molar-refractivity contribution in [3.63, 3.8) is 0 Å². The van der Waals surface area contributed by atoms with Crippen LogP contribution in [0.15, 0.2) is 0 Å². The first-order chi connectivity index (χ1) is 8.69. The Balaban J connectivity index is 0.00000324. The lowest BCUT2D eigenvalue weighted by Gasteiger charge is -2.32. The molecule has 1 saturated heterocycles. The van der Waals surface area contributed by atoms with E-state index >= 15 is 0 Å². The van der Waals surface area contributed by atoms with Crippen LogP contribution in [0.5, 0.6) is 0 Å². The molecule has 2 amide bonds. The van der Waals surface area contributed by atoms with Gasteiger partial charge < -0.3 is 25.4 Å². The Morgan fingerprint density at radius 2 is 2.37 bits per heavy atom. The summed E-state index contributed by atoms with van der Waals surface area (Å²) in [6.45, 7) is 2.47. The van der Waals surface area contributed by atoms with E-state index < -0.39 is 6.04 Å². The minimum Gasteiger partial charge on any atom is -0.395 e. The average Bonchev–Trinajstić information content (AvgIpc) is 2.37. The Morgan fingerprint density at radius 3 is 3.00 bits per heavy atom. The van der Waals surface area contributed by atoms with Crippen LogP contribution in [0.25, 0.3) is 0 Å². The molecule has 1 fully saturated rings. The molecule has 0 spiro atoms. The van der Waals surface area contributed by atoms with E-state index in [-0.39, 0.29) is 43.8 Å². The summed E-state index contributed by atoms with van der Waals surface area (Å²) in [6.07, 6.45) is 0.0995. The van der Waals surface area contributed by atoms with Gasteiger partial charge in [-0.1, -0.05) is 0 Å². The Kier molecular flexibility index (Phi) is 9.50. The van der Waals surface area contributed by atoms with Crippen LogP contribution >= 0.6 is 12.4 Å². The molecule has 1 aliphatic heterocycles. The molecule has 3 N–H and O–H groups in total. The highest BCUT2D eigenvalue weighted by Gasteiger charge is 2.29. The zero-order valence-electron chi connectivity index (χ0n) is 11.1. The van der Waals surface area contributed by atoms with Crippen LogP contribution in [0.1, 0.15) is 6.42 Å². The van der Waals surface area contributed by atoms with Crippen LogP contribution in [0.4, 0.5) is 0 Å². The largest absolute Gasteiger partial charge is 0.395 e. The smallest absolute Gasteiger partial charge is 0.240 e. The van der Waals surface area contributed by atoms with E-state index in [9.17, 15) is 9.59 Å². The van der Waals surface area contributed by atoms with E-state index in [1.165, 1.54) is 0 Å². The molecule has 0 radical (unpaired) electrons. The van der Waals surface area contributed by atoms with Crippen molar-refractivity contribution in [1.82, 2.24) is 15.5 Å². The molecule has 1 atom stereocenters. The molecule has 1 heterocycles. The van der Waals surface area contributed by atoms with Gasteiger partial charge in [0.2, 0.25) is 11.8 Å². The van der Waals surface area contributed by atoms with Crippen molar-refractivity contribution in [2.75, 3.05) is 46.5 Å². The summed E-state index contributed by atoms with van der Waals surface area (Å²) in [6, 6.07) is -0.478. The van der Waals surface area contributed by atoms with Gasteiger partial charge in [0.25, 0.3) is 0 Å². The van der Waals surface area contributed by atoms with Gasteiger partial charge in [-0.25, -0.2) is 0 Å². The number of aliphatic hydroxyl groups is 1. The van der Waals surface area contributed by atoms with E-state index in [1.54, 1.807) is 12.0 Å². The molecule has 19 heavy (non-hydrogen) atoms. The Labute approximate surface area is 119 Å². The molecule has 1 rings (SSSR count). The molecule has 112 valence electrons. The predicted octanol–water partition coefficient (Wildman–Crippen LogP) is -1.65. The van der Waals surface area contributed by atoms with Crippen LogP contribution in [0.3, 0.4) is 0 Å². The number of nitrogens with one attached hydrogen (secondary N) is 2. The predicted molar refractivity (Wildman–Crippen MR) is 72.2 cm³/mol. The fourth-order valence-corrected chi connectivity index (χ4v) is 1.83. The maximum Gasteiger partial charge on any atom is 0.240 e. The van der Waals surface area contributed by atoms with Crippen molar-refractivity contribution in [3.05, 3.63) is 0 Å². The summed E-state index contributed by atoms with van der Waals surface area (Å²) in [7, 11) is 1.59. The van der Waals surface area contributed by atoms with Crippen LogP contribution in [0, 0.1) is 0 Å². The van der Waals surface area contributed by atoms with Gasteiger partial charge in [-0.3, -0.25) is 9.59 Å². The van der Waals surface area contributed by atoms with Gasteiger partial charge >= 0.3 is 0 Å². The van der Waals surface area contributed by atoms with Gasteiger partial charge in [0.1, 0.15) is 0 Å². The molecule has 0 saturated carbocycles. The number of carbonyl (C=O) groups is 2. The van der Waals surface area contributed by atoms with Crippen molar-refractivity contribution in [2.45, 2.75) is 12.5 Å². The van der Waals surface area contributed by atoms with E-state index in [1.807, 2.05) is 0 Å². The normalized spacial score (nSPS) is 18.9. The second kappa shape index (κ2) is 9.96.